The van der Waals surface area contributed by atoms with E-state index in [1.54, 1.807) is 12.4 Å². The van der Waals surface area contributed by atoms with Crippen LogP contribution in [0.3, 0.4) is 0 Å². The van der Waals surface area contributed by atoms with Crippen molar-refractivity contribution in [2.75, 3.05) is 0 Å². The molecule has 0 N–H and O–H groups in total. The molecule has 0 aliphatic heterocycles. The summed E-state index contributed by atoms with van der Waals surface area (Å²) in [4.78, 5) is 3.78. The van der Waals surface area contributed by atoms with E-state index in [1.165, 1.54) is 77.0 Å². The van der Waals surface area contributed by atoms with Crippen LogP contribution in [-0.2, 0) is 0 Å². The molecule has 0 atom stereocenters. The second-order valence-corrected chi connectivity index (χ2v) is 5.56. The van der Waals surface area contributed by atoms with Crippen LogP contribution in [0, 0.1) is 0 Å². The molecule has 0 fully saturated rings. The summed E-state index contributed by atoms with van der Waals surface area (Å²) >= 11 is 0. The van der Waals surface area contributed by atoms with E-state index in [4.69, 9.17) is 0 Å². The van der Waals surface area contributed by atoms with Crippen molar-refractivity contribution in [2.45, 2.75) is 90.9 Å². The highest BCUT2D eigenvalue weighted by Gasteiger charge is 1.91. The van der Waals surface area contributed by atoms with Gasteiger partial charge in [0.2, 0.25) is 0 Å². The summed E-state index contributed by atoms with van der Waals surface area (Å²) < 4.78 is 0. The second-order valence-electron chi connectivity index (χ2n) is 5.56. The normalized spacial score (nSPS) is 9.43. The van der Waals surface area contributed by atoms with Crippen LogP contribution in [0.15, 0.2) is 30.6 Å². The van der Waals surface area contributed by atoms with Crippen LogP contribution in [0.25, 0.3) is 0 Å². The molecule has 21 heavy (non-hydrogen) atoms. The van der Waals surface area contributed by atoms with Crippen LogP contribution in [0.5, 0.6) is 0 Å². The lowest BCUT2D eigenvalue weighted by molar-refractivity contribution is 0.548. The summed E-state index contributed by atoms with van der Waals surface area (Å²) in [6.07, 6.45) is 20.9. The average molecular weight is 314 g/mol. The zero-order valence-corrected chi connectivity index (χ0v) is 15.0. The van der Waals surface area contributed by atoms with Gasteiger partial charge < -0.3 is 0 Å². The van der Waals surface area contributed by atoms with E-state index in [9.17, 15) is 0 Å². The Kier molecular flexibility index (Phi) is 23.5. The lowest BCUT2D eigenvalue weighted by atomic mass is 10.1. The summed E-state index contributed by atoms with van der Waals surface area (Å²) in [7, 11) is 0. The van der Waals surface area contributed by atoms with Crippen molar-refractivity contribution in [2.24, 2.45) is 0 Å². The molecule has 0 unspecified atom stereocenters. The summed E-state index contributed by atoms with van der Waals surface area (Å²) in [5.41, 5.74) is 0. The van der Waals surface area contributed by atoms with Crippen LogP contribution in [0.1, 0.15) is 90.9 Å². The van der Waals surface area contributed by atoms with E-state index in [-0.39, 0.29) is 12.4 Å². The number of hydrogen-bond acceptors (Lipinski definition) is 1. The van der Waals surface area contributed by atoms with Crippen molar-refractivity contribution in [3.05, 3.63) is 30.6 Å². The topological polar surface area (TPSA) is 12.9 Å². The number of aromatic nitrogens is 1. The first kappa shape index (κ1) is 22.7. The first-order chi connectivity index (χ1) is 9.91. The molecule has 1 rings (SSSR count). The monoisotopic (exact) mass is 313 g/mol. The molecule has 0 amide bonds. The van der Waals surface area contributed by atoms with Crippen molar-refractivity contribution < 1.29 is 0 Å². The van der Waals surface area contributed by atoms with Gasteiger partial charge in [-0.25, -0.2) is 0 Å². The fourth-order valence-corrected chi connectivity index (χ4v) is 2.23. The van der Waals surface area contributed by atoms with E-state index in [2.05, 4.69) is 18.8 Å². The van der Waals surface area contributed by atoms with Gasteiger partial charge in [-0.2, -0.15) is 0 Å². The first-order valence-corrected chi connectivity index (χ1v) is 8.76. The molecule has 0 aliphatic carbocycles. The minimum atomic E-state index is 0. The quantitative estimate of drug-likeness (QED) is 0.393. The molecule has 0 bridgehead atoms. The maximum absolute atomic E-state index is 3.78. The van der Waals surface area contributed by atoms with Crippen LogP contribution < -0.4 is 0 Å². The minimum absolute atomic E-state index is 0. The van der Waals surface area contributed by atoms with Crippen molar-refractivity contribution in [3.63, 3.8) is 0 Å². The van der Waals surface area contributed by atoms with Gasteiger partial charge in [0.25, 0.3) is 0 Å². The fraction of sp³-hybridized carbons (Fsp3) is 0.737. The summed E-state index contributed by atoms with van der Waals surface area (Å²) in [5.74, 6) is 0. The van der Waals surface area contributed by atoms with Gasteiger partial charge in [0, 0.05) is 12.4 Å². The summed E-state index contributed by atoms with van der Waals surface area (Å²) in [6.45, 7) is 4.57. The van der Waals surface area contributed by atoms with E-state index >= 15 is 0 Å². The molecule has 0 spiro atoms. The number of halogens is 1. The molecule has 0 saturated carbocycles. The van der Waals surface area contributed by atoms with E-state index in [1.807, 2.05) is 18.2 Å². The molecular formula is C19H36ClN. The van der Waals surface area contributed by atoms with E-state index < -0.39 is 0 Å². The smallest absolute Gasteiger partial charge is 0.0267 e. The van der Waals surface area contributed by atoms with Gasteiger partial charge in [-0.1, -0.05) is 97.0 Å². The van der Waals surface area contributed by atoms with Crippen molar-refractivity contribution >= 4 is 12.4 Å². The third kappa shape index (κ3) is 21.9. The molecule has 0 aromatic carbocycles. The molecule has 1 nitrogen and oxygen atoms in total. The van der Waals surface area contributed by atoms with Gasteiger partial charge in [-0.3, -0.25) is 4.98 Å². The van der Waals surface area contributed by atoms with Crippen LogP contribution in [-0.4, -0.2) is 4.98 Å². The molecule has 124 valence electrons. The Morgan fingerprint density at radius 2 is 0.857 bits per heavy atom. The van der Waals surface area contributed by atoms with Crippen molar-refractivity contribution in [1.29, 1.82) is 0 Å². The Labute approximate surface area is 139 Å². The summed E-state index contributed by atoms with van der Waals surface area (Å²) in [6, 6.07) is 5.72. The Morgan fingerprint density at radius 1 is 0.524 bits per heavy atom. The molecule has 1 aromatic heterocycles. The van der Waals surface area contributed by atoms with E-state index in [0.29, 0.717) is 0 Å². The van der Waals surface area contributed by atoms with Crippen LogP contribution in [0.4, 0.5) is 0 Å². The number of rotatable bonds is 11. The molecule has 0 aliphatic rings. The zero-order valence-electron chi connectivity index (χ0n) is 14.2. The first-order valence-electron chi connectivity index (χ1n) is 8.76. The Balaban J connectivity index is 0. The molecule has 1 aromatic rings. The molecule has 2 heteroatoms. The molecular weight excluding hydrogens is 278 g/mol. The van der Waals surface area contributed by atoms with Crippen LogP contribution >= 0.6 is 12.4 Å². The maximum atomic E-state index is 3.78. The van der Waals surface area contributed by atoms with Gasteiger partial charge >= 0.3 is 0 Å². The second kappa shape index (κ2) is 21.7. The predicted molar refractivity (Wildman–Crippen MR) is 98.2 cm³/mol. The number of unbranched alkanes of at least 4 members (excludes halogenated alkanes) is 11. The highest BCUT2D eigenvalue weighted by Crippen LogP contribution is 2.11. The predicted octanol–water partition coefficient (Wildman–Crippen LogP) is 7.21. The van der Waals surface area contributed by atoms with Crippen molar-refractivity contribution in [3.8, 4) is 0 Å². The zero-order chi connectivity index (χ0) is 14.7. The largest absolute Gasteiger partial charge is 0.265 e. The SMILES string of the molecule is CCCCCCCCCCCCCC.Cl.c1ccncc1. The number of hydrogen-bond donors (Lipinski definition) is 0. The number of nitrogens with zero attached hydrogens (tertiary/aromatic N) is 1. The highest BCUT2D eigenvalue weighted by molar-refractivity contribution is 5.85. The van der Waals surface area contributed by atoms with E-state index in [0.717, 1.165) is 0 Å². The molecule has 0 radical (unpaired) electrons. The van der Waals surface area contributed by atoms with Gasteiger partial charge in [-0.15, -0.1) is 12.4 Å². The van der Waals surface area contributed by atoms with Crippen LogP contribution in [0.2, 0.25) is 0 Å². The Morgan fingerprint density at radius 3 is 1.05 bits per heavy atom. The third-order valence-corrected chi connectivity index (χ3v) is 3.52. The van der Waals surface area contributed by atoms with Gasteiger partial charge in [0.05, 0.1) is 0 Å². The fourth-order valence-electron chi connectivity index (χ4n) is 2.23. The van der Waals surface area contributed by atoms with Crippen molar-refractivity contribution in [1.82, 2.24) is 4.98 Å². The van der Waals surface area contributed by atoms with Gasteiger partial charge in [0.1, 0.15) is 0 Å². The highest BCUT2D eigenvalue weighted by atomic mass is 35.5. The standard InChI is InChI=1S/C14H30.C5H5N.ClH/c1-3-5-7-9-11-13-14-12-10-8-6-4-2;1-2-4-6-5-3-1;/h3-14H2,1-2H3;1-5H;1H. The average Bonchev–Trinajstić information content (AvgIpc) is 2.52. The Bertz CT molecular complexity index is 212. The number of pyridine rings is 1. The lowest BCUT2D eigenvalue weighted by Gasteiger charge is -2.01. The Hall–Kier alpha value is -0.560. The summed E-state index contributed by atoms with van der Waals surface area (Å²) in [5, 5.41) is 0. The molecule has 1 heterocycles. The van der Waals surface area contributed by atoms with Gasteiger partial charge in [0.15, 0.2) is 0 Å². The maximum Gasteiger partial charge on any atom is 0.0267 e. The lowest BCUT2D eigenvalue weighted by Crippen LogP contribution is -1.81. The van der Waals surface area contributed by atoms with Gasteiger partial charge in [-0.05, 0) is 12.1 Å². The third-order valence-electron chi connectivity index (χ3n) is 3.52. The molecule has 0 saturated heterocycles. The minimum Gasteiger partial charge on any atom is -0.265 e.